The first-order chi connectivity index (χ1) is 12.1. The van der Waals surface area contributed by atoms with Crippen molar-refractivity contribution in [2.75, 3.05) is 5.73 Å². The molecule has 2 N–H and O–H groups in total. The monoisotopic (exact) mass is 334 g/mol. The van der Waals surface area contributed by atoms with Crippen LogP contribution in [-0.4, -0.2) is 20.3 Å². The van der Waals surface area contributed by atoms with Crippen LogP contribution in [0.1, 0.15) is 48.3 Å². The van der Waals surface area contributed by atoms with Crippen molar-refractivity contribution < 1.29 is 4.63 Å². The Balaban J connectivity index is 1.73. The lowest BCUT2D eigenvalue weighted by atomic mass is 9.84. The number of anilines is 1. The molecule has 3 heterocycles. The maximum atomic E-state index is 9.69. The van der Waals surface area contributed by atoms with Crippen molar-refractivity contribution in [3.05, 3.63) is 40.8 Å². The van der Waals surface area contributed by atoms with E-state index in [1.807, 2.05) is 25.1 Å². The predicted octanol–water partition coefficient (Wildman–Crippen LogP) is 2.83. The highest BCUT2D eigenvalue weighted by atomic mass is 16.6. The number of hydrogen-bond donors (Lipinski definition) is 1. The summed E-state index contributed by atoms with van der Waals surface area (Å²) < 4.78 is 4.73. The third kappa shape index (κ3) is 2.50. The fraction of sp³-hybridized carbons (Fsp3) is 0.389. The van der Waals surface area contributed by atoms with Gasteiger partial charge in [-0.25, -0.2) is 9.61 Å². The normalized spacial score (nSPS) is 16.2. The number of nitriles is 1. The van der Waals surface area contributed by atoms with Crippen molar-refractivity contribution in [3.8, 4) is 6.07 Å². The molecule has 0 radical (unpaired) electrons. The number of fused-ring (bicyclic) bond motifs is 1. The van der Waals surface area contributed by atoms with Crippen LogP contribution >= 0.6 is 0 Å². The number of aromatic nitrogens is 4. The van der Waals surface area contributed by atoms with Crippen LogP contribution < -0.4 is 5.73 Å². The molecular weight excluding hydrogens is 316 g/mol. The first-order valence-electron chi connectivity index (χ1n) is 8.38. The van der Waals surface area contributed by atoms with E-state index >= 15 is 0 Å². The number of aryl methyl sites for hydroxylation is 1. The maximum Gasteiger partial charge on any atom is 0.226 e. The largest absolute Gasteiger partial charge is 0.396 e. The quantitative estimate of drug-likeness (QED) is 0.783. The fourth-order valence-electron chi connectivity index (χ4n) is 3.64. The van der Waals surface area contributed by atoms with Crippen molar-refractivity contribution >= 4 is 16.9 Å². The third-order valence-corrected chi connectivity index (χ3v) is 5.09. The smallest absolute Gasteiger partial charge is 0.226 e. The van der Waals surface area contributed by atoms with Crippen LogP contribution in [0.15, 0.2) is 22.8 Å². The molecule has 25 heavy (non-hydrogen) atoms. The molecule has 0 atom stereocenters. The molecule has 1 fully saturated rings. The molecule has 0 unspecified atom stereocenters. The summed E-state index contributed by atoms with van der Waals surface area (Å²) in [5, 5.41) is 17.3. The van der Waals surface area contributed by atoms with Gasteiger partial charge >= 0.3 is 0 Å². The number of nitrogen functional groups attached to an aromatic ring is 1. The van der Waals surface area contributed by atoms with Crippen LogP contribution in [-0.2, 0) is 11.8 Å². The van der Waals surface area contributed by atoms with Gasteiger partial charge < -0.3 is 5.73 Å². The van der Waals surface area contributed by atoms with E-state index < -0.39 is 5.41 Å². The van der Waals surface area contributed by atoms with Gasteiger partial charge in [0.2, 0.25) is 5.65 Å². The van der Waals surface area contributed by atoms with Crippen LogP contribution in [0, 0.1) is 18.3 Å². The van der Waals surface area contributed by atoms with Gasteiger partial charge in [0, 0.05) is 23.4 Å². The standard InChI is InChI=1S/C18H18N6O/c1-11-13(15(20)16-17(21-11)24-25-23-16)9-12-5-4-6-14(22-12)18(10-19)7-2-3-8-18/h4-6H,2-3,7-9,20H2,1H3. The van der Waals surface area contributed by atoms with Crippen molar-refractivity contribution in [3.63, 3.8) is 0 Å². The minimum Gasteiger partial charge on any atom is -0.396 e. The molecule has 0 saturated heterocycles. The molecule has 3 aromatic rings. The second-order valence-electron chi connectivity index (χ2n) is 6.62. The summed E-state index contributed by atoms with van der Waals surface area (Å²) >= 11 is 0. The summed E-state index contributed by atoms with van der Waals surface area (Å²) in [6.45, 7) is 1.89. The first-order valence-corrected chi connectivity index (χ1v) is 8.38. The van der Waals surface area contributed by atoms with Gasteiger partial charge in [-0.2, -0.15) is 5.26 Å². The number of nitrogens with zero attached hydrogens (tertiary/aromatic N) is 5. The Morgan fingerprint density at radius 3 is 2.80 bits per heavy atom. The SMILES string of the molecule is Cc1nc2nonc2c(N)c1Cc1cccc(C2(C#N)CCCC2)n1. The van der Waals surface area contributed by atoms with Crippen LogP contribution in [0.5, 0.6) is 0 Å². The summed E-state index contributed by atoms with van der Waals surface area (Å²) in [5.74, 6) is 0. The van der Waals surface area contributed by atoms with Gasteiger partial charge in [-0.15, -0.1) is 0 Å². The lowest BCUT2D eigenvalue weighted by Gasteiger charge is -2.20. The fourth-order valence-corrected chi connectivity index (χ4v) is 3.64. The van der Waals surface area contributed by atoms with Gasteiger partial charge in [-0.05, 0) is 42.2 Å². The topological polar surface area (TPSA) is 115 Å². The Bertz CT molecular complexity index is 981. The highest BCUT2D eigenvalue weighted by Gasteiger charge is 2.37. The first kappa shape index (κ1) is 15.5. The van der Waals surface area contributed by atoms with Crippen LogP contribution in [0.25, 0.3) is 11.2 Å². The van der Waals surface area contributed by atoms with Gasteiger partial charge in [-0.1, -0.05) is 18.9 Å². The minimum absolute atomic E-state index is 0.412. The lowest BCUT2D eigenvalue weighted by Crippen LogP contribution is -2.21. The third-order valence-electron chi connectivity index (χ3n) is 5.09. The van der Waals surface area contributed by atoms with Gasteiger partial charge in [0.05, 0.1) is 22.9 Å². The van der Waals surface area contributed by atoms with E-state index in [1.165, 1.54) is 0 Å². The number of hydrogen-bond acceptors (Lipinski definition) is 7. The Hall–Kier alpha value is -3.01. The van der Waals surface area contributed by atoms with Crippen LogP contribution in [0.2, 0.25) is 0 Å². The number of rotatable bonds is 3. The molecule has 7 nitrogen and oxygen atoms in total. The zero-order valence-electron chi connectivity index (χ0n) is 14.0. The minimum atomic E-state index is -0.450. The van der Waals surface area contributed by atoms with Crippen molar-refractivity contribution in [1.82, 2.24) is 20.3 Å². The summed E-state index contributed by atoms with van der Waals surface area (Å²) in [6.07, 6.45) is 4.43. The molecule has 0 spiro atoms. The van der Waals surface area contributed by atoms with Crippen molar-refractivity contribution in [2.24, 2.45) is 0 Å². The van der Waals surface area contributed by atoms with Gasteiger partial charge in [-0.3, -0.25) is 4.98 Å². The van der Waals surface area contributed by atoms with Crippen LogP contribution in [0.3, 0.4) is 0 Å². The maximum absolute atomic E-state index is 9.69. The highest BCUT2D eigenvalue weighted by molar-refractivity contribution is 5.85. The molecule has 0 aromatic carbocycles. The molecule has 0 bridgehead atoms. The van der Waals surface area contributed by atoms with E-state index in [0.717, 1.165) is 48.3 Å². The zero-order valence-corrected chi connectivity index (χ0v) is 14.0. The Morgan fingerprint density at radius 1 is 1.24 bits per heavy atom. The summed E-state index contributed by atoms with van der Waals surface area (Å²) in [5.41, 5.74) is 10.6. The van der Waals surface area contributed by atoms with E-state index in [1.54, 1.807) is 0 Å². The van der Waals surface area contributed by atoms with E-state index in [0.29, 0.717) is 23.3 Å². The predicted molar refractivity (Wildman–Crippen MR) is 91.6 cm³/mol. The molecule has 0 amide bonds. The highest BCUT2D eigenvalue weighted by Crippen LogP contribution is 2.39. The van der Waals surface area contributed by atoms with E-state index in [2.05, 4.69) is 21.4 Å². The average molecular weight is 334 g/mol. The second-order valence-corrected chi connectivity index (χ2v) is 6.62. The Morgan fingerprint density at radius 2 is 2.04 bits per heavy atom. The molecule has 4 rings (SSSR count). The molecular formula is C18H18N6O. The van der Waals surface area contributed by atoms with Crippen LogP contribution in [0.4, 0.5) is 5.69 Å². The van der Waals surface area contributed by atoms with E-state index in [-0.39, 0.29) is 0 Å². The summed E-state index contributed by atoms with van der Waals surface area (Å²) in [7, 11) is 0. The van der Waals surface area contributed by atoms with Gasteiger partial charge in [0.25, 0.3) is 0 Å². The molecule has 1 aliphatic rings. The number of nitrogens with two attached hydrogens (primary N) is 1. The van der Waals surface area contributed by atoms with Gasteiger partial charge in [0.1, 0.15) is 0 Å². The lowest BCUT2D eigenvalue weighted by molar-refractivity contribution is 0.315. The number of pyridine rings is 2. The Kier molecular flexibility index (Phi) is 3.61. The average Bonchev–Trinajstić information content (AvgIpc) is 3.28. The molecule has 7 heteroatoms. The second kappa shape index (κ2) is 5.81. The molecule has 3 aromatic heterocycles. The van der Waals surface area contributed by atoms with Gasteiger partial charge in [0.15, 0.2) is 5.52 Å². The van der Waals surface area contributed by atoms with E-state index in [9.17, 15) is 5.26 Å². The zero-order chi connectivity index (χ0) is 17.4. The van der Waals surface area contributed by atoms with Crippen molar-refractivity contribution in [2.45, 2.75) is 44.4 Å². The molecule has 1 aliphatic carbocycles. The molecule has 1 saturated carbocycles. The Labute approximate surface area is 144 Å². The molecule has 126 valence electrons. The van der Waals surface area contributed by atoms with E-state index in [4.69, 9.17) is 15.3 Å². The summed E-state index contributed by atoms with van der Waals surface area (Å²) in [6, 6.07) is 8.37. The molecule has 0 aliphatic heterocycles. The summed E-state index contributed by atoms with van der Waals surface area (Å²) in [4.78, 5) is 9.17. The van der Waals surface area contributed by atoms with Crippen molar-refractivity contribution in [1.29, 1.82) is 5.26 Å².